The molecular weight excluding hydrogens is 285 g/mol. The third-order valence-corrected chi connectivity index (χ3v) is 4.41. The Morgan fingerprint density at radius 3 is 2.68 bits per heavy atom. The van der Waals surface area contributed by atoms with Gasteiger partial charge in [-0.05, 0) is 39.7 Å². The fourth-order valence-corrected chi connectivity index (χ4v) is 3.38. The smallest absolute Gasteiger partial charge is 0.444 e. The molecule has 3 rings (SSSR count). The van der Waals surface area contributed by atoms with Crippen LogP contribution in [0.4, 0.5) is 4.79 Å². The third kappa shape index (κ3) is 2.61. The molecule has 22 heavy (non-hydrogen) atoms. The van der Waals surface area contributed by atoms with Gasteiger partial charge in [0.2, 0.25) is 0 Å². The summed E-state index contributed by atoms with van der Waals surface area (Å²) in [5.74, 6) is 0. The van der Waals surface area contributed by atoms with Crippen LogP contribution in [0.1, 0.15) is 39.3 Å². The van der Waals surface area contributed by atoms with E-state index in [1.807, 2.05) is 25.5 Å². The van der Waals surface area contributed by atoms with E-state index in [-0.39, 0.29) is 17.1 Å². The summed E-state index contributed by atoms with van der Waals surface area (Å²) in [5, 5.41) is 22.8. The minimum absolute atomic E-state index is 0.142. The van der Waals surface area contributed by atoms with Crippen LogP contribution in [0.3, 0.4) is 0 Å². The number of fused-ring (bicyclic) bond motifs is 2. The molecule has 0 bridgehead atoms. The molecule has 1 aromatic rings. The van der Waals surface area contributed by atoms with Crippen molar-refractivity contribution in [2.24, 2.45) is 0 Å². The molecule has 8 heteroatoms. The predicted molar refractivity (Wildman–Crippen MR) is 80.8 cm³/mol. The highest BCUT2D eigenvalue weighted by molar-refractivity contribution is 6.57. The summed E-state index contributed by atoms with van der Waals surface area (Å²) in [5.41, 5.74) is 0.613. The summed E-state index contributed by atoms with van der Waals surface area (Å²) in [7, 11) is -1.56. The van der Waals surface area contributed by atoms with Crippen molar-refractivity contribution in [1.29, 1.82) is 0 Å². The van der Waals surface area contributed by atoms with Gasteiger partial charge in [-0.25, -0.2) is 4.79 Å². The van der Waals surface area contributed by atoms with E-state index in [9.17, 15) is 14.8 Å². The maximum Gasteiger partial charge on any atom is 0.510 e. The number of nitrogens with zero attached hydrogens (tertiary/aromatic N) is 3. The summed E-state index contributed by atoms with van der Waals surface area (Å²) in [6.07, 6.45) is 1.47. The highest BCUT2D eigenvalue weighted by Crippen LogP contribution is 2.42. The van der Waals surface area contributed by atoms with Crippen molar-refractivity contribution in [3.63, 3.8) is 0 Å². The van der Waals surface area contributed by atoms with E-state index in [1.165, 1.54) is 0 Å². The van der Waals surface area contributed by atoms with Crippen LogP contribution in [-0.2, 0) is 16.7 Å². The molecule has 0 radical (unpaired) electrons. The first-order chi connectivity index (χ1) is 10.2. The normalized spacial score (nSPS) is 24.0. The van der Waals surface area contributed by atoms with Crippen molar-refractivity contribution in [3.05, 3.63) is 11.8 Å². The van der Waals surface area contributed by atoms with E-state index in [0.29, 0.717) is 13.1 Å². The first kappa shape index (κ1) is 15.4. The Hall–Kier alpha value is -1.54. The fraction of sp³-hybridized carbons (Fsp3) is 0.714. The lowest BCUT2D eigenvalue weighted by atomic mass is 9.80. The molecule has 1 unspecified atom stereocenters. The van der Waals surface area contributed by atoms with Gasteiger partial charge in [0, 0.05) is 30.7 Å². The second-order valence-electron chi connectivity index (χ2n) is 7.23. The van der Waals surface area contributed by atoms with E-state index in [0.717, 1.165) is 25.1 Å². The van der Waals surface area contributed by atoms with Crippen molar-refractivity contribution in [1.82, 2.24) is 14.7 Å². The number of amides is 1. The van der Waals surface area contributed by atoms with Crippen molar-refractivity contribution in [2.75, 3.05) is 13.1 Å². The number of aromatic nitrogens is 2. The van der Waals surface area contributed by atoms with Gasteiger partial charge in [-0.3, -0.25) is 4.68 Å². The Labute approximate surface area is 130 Å². The number of carbonyl (C=O) groups is 1. The van der Waals surface area contributed by atoms with Crippen molar-refractivity contribution < 1.29 is 19.6 Å². The SMILES string of the molecule is CC(C)(C)OC(=O)N1CCC2(CCn3nc(B(O)O)cc32)C1. The molecule has 2 aliphatic heterocycles. The Bertz CT molecular complexity index is 595. The van der Waals surface area contributed by atoms with Gasteiger partial charge in [0.25, 0.3) is 0 Å². The second-order valence-corrected chi connectivity index (χ2v) is 7.23. The molecule has 2 aliphatic rings. The van der Waals surface area contributed by atoms with Crippen LogP contribution in [0.2, 0.25) is 0 Å². The highest BCUT2D eigenvalue weighted by Gasteiger charge is 2.48. The quantitative estimate of drug-likeness (QED) is 0.704. The van der Waals surface area contributed by atoms with Gasteiger partial charge in [0.05, 0.1) is 5.59 Å². The van der Waals surface area contributed by atoms with Gasteiger partial charge in [0.15, 0.2) is 0 Å². The average Bonchev–Trinajstić information content (AvgIpc) is 3.06. The third-order valence-electron chi connectivity index (χ3n) is 4.41. The molecule has 1 atom stereocenters. The van der Waals surface area contributed by atoms with Crippen molar-refractivity contribution in [2.45, 2.75) is 51.2 Å². The van der Waals surface area contributed by atoms with E-state index >= 15 is 0 Å². The molecule has 0 aromatic carbocycles. The lowest BCUT2D eigenvalue weighted by molar-refractivity contribution is 0.0284. The van der Waals surface area contributed by atoms with E-state index in [2.05, 4.69) is 5.10 Å². The zero-order valence-electron chi connectivity index (χ0n) is 13.2. The number of rotatable bonds is 1. The molecule has 7 nitrogen and oxygen atoms in total. The summed E-state index contributed by atoms with van der Waals surface area (Å²) in [6.45, 7) is 7.55. The minimum Gasteiger partial charge on any atom is -0.444 e. The van der Waals surface area contributed by atoms with Gasteiger partial charge < -0.3 is 19.7 Å². The Morgan fingerprint density at radius 1 is 1.36 bits per heavy atom. The molecule has 3 heterocycles. The van der Waals surface area contributed by atoms with Crippen LogP contribution in [0.5, 0.6) is 0 Å². The molecule has 0 aliphatic carbocycles. The monoisotopic (exact) mass is 307 g/mol. The van der Waals surface area contributed by atoms with Crippen LogP contribution >= 0.6 is 0 Å². The van der Waals surface area contributed by atoms with Gasteiger partial charge >= 0.3 is 13.2 Å². The lowest BCUT2D eigenvalue weighted by Gasteiger charge is -2.26. The summed E-state index contributed by atoms with van der Waals surface area (Å²) in [6, 6.07) is 1.75. The molecule has 1 fully saturated rings. The first-order valence-electron chi connectivity index (χ1n) is 7.62. The zero-order chi connectivity index (χ0) is 16.1. The van der Waals surface area contributed by atoms with Crippen LogP contribution < -0.4 is 5.59 Å². The van der Waals surface area contributed by atoms with Gasteiger partial charge in [-0.1, -0.05) is 0 Å². The molecule has 120 valence electrons. The Morgan fingerprint density at radius 2 is 2.05 bits per heavy atom. The number of hydrogen-bond acceptors (Lipinski definition) is 5. The summed E-state index contributed by atoms with van der Waals surface area (Å²) in [4.78, 5) is 14.0. The van der Waals surface area contributed by atoms with Crippen LogP contribution in [0, 0.1) is 0 Å². The maximum atomic E-state index is 12.2. The average molecular weight is 307 g/mol. The standard InChI is InChI=1S/C14H22BN3O4/c1-13(2,3)22-12(19)17-6-4-14(9-17)5-7-18-10(14)8-11(16-18)15(20)21/h8,20-21H,4-7,9H2,1-3H3. The zero-order valence-corrected chi connectivity index (χ0v) is 13.2. The van der Waals surface area contributed by atoms with Crippen LogP contribution in [0.15, 0.2) is 6.07 Å². The molecule has 1 saturated heterocycles. The van der Waals surface area contributed by atoms with E-state index < -0.39 is 12.7 Å². The predicted octanol–water partition coefficient (Wildman–Crippen LogP) is -0.155. The first-order valence-corrected chi connectivity index (χ1v) is 7.62. The fourth-order valence-electron chi connectivity index (χ4n) is 3.38. The maximum absolute atomic E-state index is 12.2. The van der Waals surface area contributed by atoms with Gasteiger partial charge in [-0.15, -0.1) is 0 Å². The van der Waals surface area contributed by atoms with Crippen molar-refractivity contribution >= 4 is 18.8 Å². The van der Waals surface area contributed by atoms with Gasteiger partial charge in [0.1, 0.15) is 5.60 Å². The molecule has 2 N–H and O–H groups in total. The van der Waals surface area contributed by atoms with Crippen molar-refractivity contribution in [3.8, 4) is 0 Å². The molecular formula is C14H22BN3O4. The van der Waals surface area contributed by atoms with Crippen LogP contribution in [0.25, 0.3) is 0 Å². The molecule has 1 spiro atoms. The molecule has 0 saturated carbocycles. The number of likely N-dealkylation sites (tertiary alicyclic amines) is 1. The largest absolute Gasteiger partial charge is 0.510 e. The summed E-state index contributed by atoms with van der Waals surface area (Å²) >= 11 is 0. The Balaban J connectivity index is 1.77. The Kier molecular flexibility index (Phi) is 3.49. The minimum atomic E-state index is -1.56. The van der Waals surface area contributed by atoms with Gasteiger partial charge in [-0.2, -0.15) is 5.10 Å². The molecule has 1 aromatic heterocycles. The topological polar surface area (TPSA) is 87.8 Å². The van der Waals surface area contributed by atoms with Crippen LogP contribution in [-0.4, -0.2) is 56.6 Å². The number of ether oxygens (including phenoxy) is 1. The highest BCUT2D eigenvalue weighted by atomic mass is 16.6. The lowest BCUT2D eigenvalue weighted by Crippen LogP contribution is -2.37. The number of hydrogen-bond donors (Lipinski definition) is 2. The van der Waals surface area contributed by atoms with E-state index in [4.69, 9.17) is 4.74 Å². The second kappa shape index (κ2) is 4.99. The summed E-state index contributed by atoms with van der Waals surface area (Å²) < 4.78 is 7.27. The molecule has 1 amide bonds. The number of aryl methyl sites for hydroxylation is 1. The number of carbonyl (C=O) groups excluding carboxylic acids is 1. The van der Waals surface area contributed by atoms with E-state index in [1.54, 1.807) is 11.0 Å².